The van der Waals surface area contributed by atoms with Crippen molar-refractivity contribution >= 4 is 40.4 Å². The lowest BCUT2D eigenvalue weighted by molar-refractivity contribution is -0.115. The molecule has 1 amide bonds. The van der Waals surface area contributed by atoms with Gasteiger partial charge in [-0.1, -0.05) is 17.8 Å². The van der Waals surface area contributed by atoms with E-state index in [1.165, 1.54) is 36.7 Å². The largest absolute Gasteiger partial charge is 0.372 e. The molecule has 6 nitrogen and oxygen atoms in total. The van der Waals surface area contributed by atoms with Gasteiger partial charge in [-0.05, 0) is 61.9 Å². The summed E-state index contributed by atoms with van der Waals surface area (Å²) in [5.41, 5.74) is 2.04. The van der Waals surface area contributed by atoms with E-state index in [4.69, 9.17) is 0 Å². The Labute approximate surface area is 172 Å². The Kier molecular flexibility index (Phi) is 5.97. The van der Waals surface area contributed by atoms with Gasteiger partial charge in [0.2, 0.25) is 11.1 Å². The molecule has 1 aliphatic rings. The molecule has 1 fully saturated rings. The molecule has 0 unspecified atom stereocenters. The van der Waals surface area contributed by atoms with Crippen molar-refractivity contribution in [2.24, 2.45) is 0 Å². The number of piperidine rings is 1. The van der Waals surface area contributed by atoms with Gasteiger partial charge in [0.25, 0.3) is 0 Å². The minimum atomic E-state index is -0.297. The number of hydrogen-bond donors (Lipinski definition) is 2. The lowest BCUT2D eigenvalue weighted by Gasteiger charge is -2.28. The molecule has 1 atom stereocenters. The smallest absolute Gasteiger partial charge is 0.237 e. The zero-order chi connectivity index (χ0) is 19.3. The van der Waals surface area contributed by atoms with Crippen LogP contribution in [0.4, 0.5) is 11.4 Å². The number of thioether (sulfide) groups is 1. The third-order valence-corrected chi connectivity index (χ3v) is 6.56. The van der Waals surface area contributed by atoms with Crippen molar-refractivity contribution in [3.63, 3.8) is 0 Å². The fourth-order valence-electron chi connectivity index (χ4n) is 3.19. The summed E-state index contributed by atoms with van der Waals surface area (Å²) in [6.45, 7) is 4.09. The van der Waals surface area contributed by atoms with E-state index in [1.807, 2.05) is 36.6 Å². The topological polar surface area (TPSA) is 73.9 Å². The molecule has 4 rings (SSSR count). The van der Waals surface area contributed by atoms with Crippen molar-refractivity contribution in [1.82, 2.24) is 15.2 Å². The molecule has 0 aliphatic carbocycles. The van der Waals surface area contributed by atoms with Crippen LogP contribution in [0.2, 0.25) is 0 Å². The second kappa shape index (κ2) is 8.79. The molecule has 2 N–H and O–H groups in total. The third-order valence-electron chi connectivity index (χ3n) is 4.73. The highest BCUT2D eigenvalue weighted by Gasteiger charge is 2.18. The summed E-state index contributed by atoms with van der Waals surface area (Å²) < 4.78 is 0. The lowest BCUT2D eigenvalue weighted by Crippen LogP contribution is -2.29. The number of thiophene rings is 1. The minimum Gasteiger partial charge on any atom is -0.372 e. The molecule has 0 saturated carbocycles. The summed E-state index contributed by atoms with van der Waals surface area (Å²) in [5, 5.41) is 12.4. The number of nitrogens with one attached hydrogen (secondary N) is 2. The second-order valence-electron chi connectivity index (χ2n) is 6.79. The van der Waals surface area contributed by atoms with Crippen molar-refractivity contribution in [2.45, 2.75) is 36.6 Å². The van der Waals surface area contributed by atoms with E-state index in [9.17, 15) is 4.79 Å². The van der Waals surface area contributed by atoms with E-state index in [0.29, 0.717) is 5.16 Å². The standard InChI is InChI=1S/C20H23N5OS2/c1-14(28-20-22-18(23-24-20)17-6-5-13-27-17)19(26)21-15-7-9-16(10-8-15)25-11-3-2-4-12-25/h5-10,13-14H,2-4,11-12H2,1H3,(H,21,26)(H,22,23,24)/t14-/m1/s1. The Bertz CT molecular complexity index is 901. The van der Waals surface area contributed by atoms with Crippen LogP contribution in [-0.2, 0) is 4.79 Å². The maximum Gasteiger partial charge on any atom is 0.237 e. The molecule has 2 aromatic heterocycles. The third kappa shape index (κ3) is 4.56. The molecule has 8 heteroatoms. The highest BCUT2D eigenvalue weighted by molar-refractivity contribution is 8.00. The van der Waals surface area contributed by atoms with Gasteiger partial charge in [0.1, 0.15) is 0 Å². The van der Waals surface area contributed by atoms with Crippen molar-refractivity contribution in [3.05, 3.63) is 41.8 Å². The van der Waals surface area contributed by atoms with E-state index in [-0.39, 0.29) is 11.2 Å². The van der Waals surface area contributed by atoms with Crippen molar-refractivity contribution < 1.29 is 4.79 Å². The average molecular weight is 414 g/mol. The molecule has 1 saturated heterocycles. The summed E-state index contributed by atoms with van der Waals surface area (Å²) in [4.78, 5) is 20.4. The molecule has 146 valence electrons. The van der Waals surface area contributed by atoms with E-state index in [2.05, 4.69) is 37.5 Å². The highest BCUT2D eigenvalue weighted by atomic mass is 32.2. The van der Waals surface area contributed by atoms with E-state index in [1.54, 1.807) is 11.3 Å². The number of H-pyrrole nitrogens is 1. The van der Waals surface area contributed by atoms with Gasteiger partial charge < -0.3 is 10.2 Å². The summed E-state index contributed by atoms with van der Waals surface area (Å²) in [5.74, 6) is 0.677. The highest BCUT2D eigenvalue weighted by Crippen LogP contribution is 2.26. The van der Waals surface area contributed by atoms with Crippen LogP contribution in [0, 0.1) is 0 Å². The van der Waals surface area contributed by atoms with Gasteiger partial charge in [-0.2, -0.15) is 0 Å². The van der Waals surface area contributed by atoms with Gasteiger partial charge in [0, 0.05) is 24.5 Å². The first-order chi connectivity index (χ1) is 13.7. The number of hydrogen-bond acceptors (Lipinski definition) is 6. The van der Waals surface area contributed by atoms with Gasteiger partial charge in [-0.25, -0.2) is 4.98 Å². The normalized spacial score (nSPS) is 15.4. The molecule has 3 heterocycles. The quantitative estimate of drug-likeness (QED) is 0.576. The summed E-state index contributed by atoms with van der Waals surface area (Å²) in [6, 6.07) is 12.1. The SMILES string of the molecule is C[C@@H](Sc1n[nH]c(-c2cccs2)n1)C(=O)Nc1ccc(N2CCCCC2)cc1. The number of carbonyl (C=O) groups is 1. The van der Waals surface area contributed by atoms with Crippen LogP contribution in [0.5, 0.6) is 0 Å². The second-order valence-corrected chi connectivity index (χ2v) is 9.04. The first-order valence-electron chi connectivity index (χ1n) is 9.48. The summed E-state index contributed by atoms with van der Waals surface area (Å²) in [7, 11) is 0. The van der Waals surface area contributed by atoms with E-state index < -0.39 is 0 Å². The molecule has 0 bridgehead atoms. The van der Waals surface area contributed by atoms with Crippen LogP contribution >= 0.6 is 23.1 Å². The Balaban J connectivity index is 1.33. The monoisotopic (exact) mass is 413 g/mol. The molecular weight excluding hydrogens is 390 g/mol. The summed E-state index contributed by atoms with van der Waals surface area (Å²) in [6.07, 6.45) is 3.82. The number of aromatic nitrogens is 3. The molecule has 0 spiro atoms. The molecular formula is C20H23N5OS2. The van der Waals surface area contributed by atoms with Gasteiger partial charge in [-0.3, -0.25) is 9.89 Å². The maximum absolute atomic E-state index is 12.5. The fraction of sp³-hybridized carbons (Fsp3) is 0.350. The minimum absolute atomic E-state index is 0.0572. The van der Waals surface area contributed by atoms with Gasteiger partial charge in [0.15, 0.2) is 5.82 Å². The first kappa shape index (κ1) is 19.0. The number of rotatable bonds is 6. The molecule has 3 aromatic rings. The van der Waals surface area contributed by atoms with Gasteiger partial charge >= 0.3 is 0 Å². The zero-order valence-electron chi connectivity index (χ0n) is 15.7. The van der Waals surface area contributed by atoms with Crippen LogP contribution in [0.3, 0.4) is 0 Å². The Morgan fingerprint density at radius 1 is 1.21 bits per heavy atom. The average Bonchev–Trinajstić information content (AvgIpc) is 3.41. The van der Waals surface area contributed by atoms with Crippen LogP contribution < -0.4 is 10.2 Å². The van der Waals surface area contributed by atoms with Crippen molar-refractivity contribution in [2.75, 3.05) is 23.3 Å². The van der Waals surface area contributed by atoms with Gasteiger partial charge in [-0.15, -0.1) is 16.4 Å². The first-order valence-corrected chi connectivity index (χ1v) is 11.2. The number of carbonyl (C=O) groups excluding carboxylic acids is 1. The zero-order valence-corrected chi connectivity index (χ0v) is 17.4. The van der Waals surface area contributed by atoms with Crippen LogP contribution in [0.15, 0.2) is 46.9 Å². The molecule has 0 radical (unpaired) electrons. The van der Waals surface area contributed by atoms with Crippen LogP contribution in [-0.4, -0.2) is 39.4 Å². The predicted octanol–water partition coefficient (Wildman–Crippen LogP) is 4.64. The number of aromatic amines is 1. The van der Waals surface area contributed by atoms with E-state index in [0.717, 1.165) is 29.5 Å². The Morgan fingerprint density at radius 3 is 2.71 bits per heavy atom. The number of amides is 1. The van der Waals surface area contributed by atoms with Crippen LogP contribution in [0.1, 0.15) is 26.2 Å². The maximum atomic E-state index is 12.5. The lowest BCUT2D eigenvalue weighted by atomic mass is 10.1. The van der Waals surface area contributed by atoms with E-state index >= 15 is 0 Å². The number of benzene rings is 1. The molecule has 28 heavy (non-hydrogen) atoms. The fourth-order valence-corrected chi connectivity index (χ4v) is 4.57. The Morgan fingerprint density at radius 2 is 2.00 bits per heavy atom. The van der Waals surface area contributed by atoms with Gasteiger partial charge in [0.05, 0.1) is 10.1 Å². The summed E-state index contributed by atoms with van der Waals surface area (Å²) >= 11 is 2.95. The van der Waals surface area contributed by atoms with Crippen molar-refractivity contribution in [3.8, 4) is 10.7 Å². The molecule has 1 aromatic carbocycles. The van der Waals surface area contributed by atoms with Crippen LogP contribution in [0.25, 0.3) is 10.7 Å². The Hall–Kier alpha value is -2.32. The molecule has 1 aliphatic heterocycles. The number of anilines is 2. The number of nitrogens with zero attached hydrogens (tertiary/aromatic N) is 3. The van der Waals surface area contributed by atoms with Crippen molar-refractivity contribution in [1.29, 1.82) is 0 Å². The predicted molar refractivity (Wildman–Crippen MR) is 116 cm³/mol.